The van der Waals surface area contributed by atoms with Gasteiger partial charge in [0.25, 0.3) is 5.69 Å². The molecule has 21 heavy (non-hydrogen) atoms. The monoisotopic (exact) mass is 285 g/mol. The summed E-state index contributed by atoms with van der Waals surface area (Å²) in [6.07, 6.45) is 0.704. The number of carbonyl (C=O) groups is 1. The van der Waals surface area contributed by atoms with Gasteiger partial charge in [-0.2, -0.15) is 0 Å². The Bertz CT molecular complexity index is 653. The van der Waals surface area contributed by atoms with Gasteiger partial charge in [0, 0.05) is 18.6 Å². The van der Waals surface area contributed by atoms with E-state index in [9.17, 15) is 14.9 Å². The lowest BCUT2D eigenvalue weighted by atomic mass is 10.1. The molecule has 0 aromatic heterocycles. The van der Waals surface area contributed by atoms with Crippen molar-refractivity contribution in [3.05, 3.63) is 69.8 Å². The molecule has 0 N–H and O–H groups in total. The highest BCUT2D eigenvalue weighted by molar-refractivity contribution is 5.97. The molecule has 0 bridgehead atoms. The normalized spacial score (nSPS) is 10.1. The first-order chi connectivity index (χ1) is 10.1. The van der Waals surface area contributed by atoms with Gasteiger partial charge in [0.05, 0.1) is 17.1 Å². The molecule has 5 nitrogen and oxygen atoms in total. The van der Waals surface area contributed by atoms with Crippen molar-refractivity contribution in [2.45, 2.75) is 13.3 Å². The van der Waals surface area contributed by atoms with E-state index in [-0.39, 0.29) is 17.0 Å². The highest BCUT2D eigenvalue weighted by atomic mass is 16.6. The van der Waals surface area contributed by atoms with E-state index in [0.717, 1.165) is 5.56 Å². The molecule has 2 aromatic rings. The summed E-state index contributed by atoms with van der Waals surface area (Å²) >= 11 is 0. The Morgan fingerprint density at radius 3 is 2.52 bits per heavy atom. The number of carbonyl (C=O) groups excluding carboxylic acids is 1. The number of rotatable bonds is 6. The van der Waals surface area contributed by atoms with E-state index in [0.29, 0.717) is 18.8 Å². The highest BCUT2D eigenvalue weighted by Crippen LogP contribution is 2.24. The first-order valence-corrected chi connectivity index (χ1v) is 6.54. The Balaban J connectivity index is 2.09. The average molecular weight is 285 g/mol. The van der Waals surface area contributed by atoms with Gasteiger partial charge in [-0.15, -0.1) is 0 Å². The Labute approximate surface area is 122 Å². The molecule has 0 unspecified atom stereocenters. The third-order valence-electron chi connectivity index (χ3n) is 3.04. The number of ketones is 1. The fourth-order valence-electron chi connectivity index (χ4n) is 1.96. The van der Waals surface area contributed by atoms with Crippen LogP contribution in [-0.2, 0) is 6.42 Å². The van der Waals surface area contributed by atoms with Crippen molar-refractivity contribution < 1.29 is 14.5 Å². The topological polar surface area (TPSA) is 69.4 Å². The van der Waals surface area contributed by atoms with E-state index in [1.54, 1.807) is 0 Å². The van der Waals surface area contributed by atoms with Crippen LogP contribution in [-0.4, -0.2) is 17.3 Å². The van der Waals surface area contributed by atoms with Gasteiger partial charge < -0.3 is 4.74 Å². The van der Waals surface area contributed by atoms with Gasteiger partial charge in [0.15, 0.2) is 5.78 Å². The number of ether oxygens (including phenoxy) is 1. The number of nitro benzene ring substituents is 1. The van der Waals surface area contributed by atoms with E-state index >= 15 is 0 Å². The van der Waals surface area contributed by atoms with Crippen molar-refractivity contribution in [2.24, 2.45) is 0 Å². The molecule has 0 saturated carbocycles. The maximum absolute atomic E-state index is 11.6. The molecule has 0 amide bonds. The van der Waals surface area contributed by atoms with Crippen LogP contribution in [0.3, 0.4) is 0 Å². The minimum atomic E-state index is -0.528. The zero-order valence-electron chi connectivity index (χ0n) is 11.6. The molecular weight excluding hydrogens is 270 g/mol. The highest BCUT2D eigenvalue weighted by Gasteiger charge is 2.14. The van der Waals surface area contributed by atoms with E-state index in [1.807, 2.05) is 30.3 Å². The van der Waals surface area contributed by atoms with Crippen LogP contribution < -0.4 is 4.74 Å². The average Bonchev–Trinajstić information content (AvgIpc) is 2.48. The zero-order chi connectivity index (χ0) is 15.2. The first kappa shape index (κ1) is 14.7. The lowest BCUT2D eigenvalue weighted by Crippen LogP contribution is -2.06. The Kier molecular flexibility index (Phi) is 4.66. The van der Waals surface area contributed by atoms with Crippen molar-refractivity contribution in [2.75, 3.05) is 6.61 Å². The fraction of sp³-hybridized carbons (Fsp3) is 0.188. The predicted octanol–water partition coefficient (Wildman–Crippen LogP) is 3.42. The predicted molar refractivity (Wildman–Crippen MR) is 78.7 cm³/mol. The summed E-state index contributed by atoms with van der Waals surface area (Å²) in [4.78, 5) is 21.8. The van der Waals surface area contributed by atoms with Crippen LogP contribution in [0.25, 0.3) is 0 Å². The summed E-state index contributed by atoms with van der Waals surface area (Å²) < 4.78 is 5.59. The summed E-state index contributed by atoms with van der Waals surface area (Å²) in [6, 6.07) is 13.9. The molecule has 0 radical (unpaired) electrons. The molecule has 0 saturated heterocycles. The SMILES string of the molecule is CC(=O)c1cc([N+](=O)[O-])ccc1OCCc1ccccc1. The molecule has 5 heteroatoms. The molecule has 0 atom stereocenters. The number of Topliss-reactive ketones (excluding diaryl/α,β-unsaturated/α-hetero) is 1. The molecule has 0 fully saturated rings. The third-order valence-corrected chi connectivity index (χ3v) is 3.04. The van der Waals surface area contributed by atoms with Gasteiger partial charge in [-0.25, -0.2) is 0 Å². The second-order valence-corrected chi connectivity index (χ2v) is 4.58. The first-order valence-electron chi connectivity index (χ1n) is 6.54. The minimum Gasteiger partial charge on any atom is -0.492 e. The smallest absolute Gasteiger partial charge is 0.270 e. The van der Waals surface area contributed by atoms with Gasteiger partial charge in [-0.3, -0.25) is 14.9 Å². The van der Waals surface area contributed by atoms with E-state index in [4.69, 9.17) is 4.74 Å². The number of benzene rings is 2. The van der Waals surface area contributed by atoms with Gasteiger partial charge in [0.2, 0.25) is 0 Å². The third kappa shape index (κ3) is 3.89. The Morgan fingerprint density at radius 2 is 1.90 bits per heavy atom. The molecule has 0 spiro atoms. The van der Waals surface area contributed by atoms with E-state index in [1.165, 1.54) is 25.1 Å². The van der Waals surface area contributed by atoms with E-state index in [2.05, 4.69) is 0 Å². The van der Waals surface area contributed by atoms with Crippen molar-refractivity contribution in [3.8, 4) is 5.75 Å². The molecule has 2 rings (SSSR count). The minimum absolute atomic E-state index is 0.115. The van der Waals surface area contributed by atoms with Crippen LogP contribution in [0, 0.1) is 10.1 Å². The van der Waals surface area contributed by atoms with Crippen LogP contribution in [0.5, 0.6) is 5.75 Å². The van der Waals surface area contributed by atoms with Gasteiger partial charge in [-0.05, 0) is 18.6 Å². The largest absolute Gasteiger partial charge is 0.492 e. The number of nitro groups is 1. The second-order valence-electron chi connectivity index (χ2n) is 4.58. The van der Waals surface area contributed by atoms with Crippen LogP contribution in [0.4, 0.5) is 5.69 Å². The van der Waals surface area contributed by atoms with Crippen LogP contribution in [0.15, 0.2) is 48.5 Å². The van der Waals surface area contributed by atoms with E-state index < -0.39 is 4.92 Å². The molecular formula is C16H15NO4. The molecule has 108 valence electrons. The van der Waals surface area contributed by atoms with Crippen molar-refractivity contribution in [1.29, 1.82) is 0 Å². The summed E-state index contributed by atoms with van der Waals surface area (Å²) in [5, 5.41) is 10.7. The maximum atomic E-state index is 11.6. The standard InChI is InChI=1S/C16H15NO4/c1-12(18)15-11-14(17(19)20)7-8-16(15)21-10-9-13-5-3-2-4-6-13/h2-8,11H,9-10H2,1H3. The Morgan fingerprint density at radius 1 is 1.19 bits per heavy atom. The summed E-state index contributed by atoms with van der Waals surface area (Å²) in [5.41, 5.74) is 1.25. The van der Waals surface area contributed by atoms with Gasteiger partial charge in [0.1, 0.15) is 5.75 Å². The molecule has 2 aromatic carbocycles. The van der Waals surface area contributed by atoms with Crippen molar-refractivity contribution in [3.63, 3.8) is 0 Å². The maximum Gasteiger partial charge on any atom is 0.270 e. The van der Waals surface area contributed by atoms with Crippen LogP contribution in [0.2, 0.25) is 0 Å². The number of nitrogens with zero attached hydrogens (tertiary/aromatic N) is 1. The number of non-ortho nitro benzene ring substituents is 1. The van der Waals surface area contributed by atoms with Crippen LogP contribution >= 0.6 is 0 Å². The second kappa shape index (κ2) is 6.65. The molecule has 0 heterocycles. The lowest BCUT2D eigenvalue weighted by Gasteiger charge is -2.09. The van der Waals surface area contributed by atoms with Gasteiger partial charge >= 0.3 is 0 Å². The molecule has 0 aliphatic carbocycles. The van der Waals surface area contributed by atoms with Crippen molar-refractivity contribution in [1.82, 2.24) is 0 Å². The molecule has 0 aliphatic heterocycles. The fourth-order valence-corrected chi connectivity index (χ4v) is 1.96. The summed E-state index contributed by atoms with van der Waals surface area (Å²) in [6.45, 7) is 1.77. The van der Waals surface area contributed by atoms with Crippen molar-refractivity contribution >= 4 is 11.5 Å². The Hall–Kier alpha value is -2.69. The summed E-state index contributed by atoms with van der Waals surface area (Å²) in [7, 11) is 0. The summed E-state index contributed by atoms with van der Waals surface area (Å²) in [5.74, 6) is 0.123. The van der Waals surface area contributed by atoms with Crippen LogP contribution in [0.1, 0.15) is 22.8 Å². The molecule has 0 aliphatic rings. The van der Waals surface area contributed by atoms with Gasteiger partial charge in [-0.1, -0.05) is 30.3 Å². The number of hydrogen-bond donors (Lipinski definition) is 0. The zero-order valence-corrected chi connectivity index (χ0v) is 11.6. The lowest BCUT2D eigenvalue weighted by molar-refractivity contribution is -0.384. The number of hydrogen-bond acceptors (Lipinski definition) is 4. The quantitative estimate of drug-likeness (QED) is 0.463.